The summed E-state index contributed by atoms with van der Waals surface area (Å²) < 4.78 is 0. The van der Waals surface area contributed by atoms with Gasteiger partial charge >= 0.3 is 0 Å². The number of hydrogen-bond acceptors (Lipinski definition) is 2. The number of aryl methyl sites for hydroxylation is 2. The minimum absolute atomic E-state index is 0.0427. The monoisotopic (exact) mass is 380 g/mol. The lowest BCUT2D eigenvalue weighted by Gasteiger charge is -2.30. The maximum atomic E-state index is 13.2. The Labute approximate surface area is 169 Å². The van der Waals surface area contributed by atoms with Gasteiger partial charge in [-0.25, -0.2) is 0 Å². The Morgan fingerprint density at radius 3 is 2.25 bits per heavy atom. The largest absolute Gasteiger partial charge is 0.352 e. The number of benzene rings is 2. The highest BCUT2D eigenvalue weighted by Gasteiger charge is 2.27. The van der Waals surface area contributed by atoms with Crippen molar-refractivity contribution >= 4 is 11.8 Å². The predicted octanol–water partition coefficient (Wildman–Crippen LogP) is 4.18. The third-order valence-corrected chi connectivity index (χ3v) is 5.25. The quantitative estimate of drug-likeness (QED) is 0.747. The molecule has 1 N–H and O–H groups in total. The molecule has 0 saturated carbocycles. The summed E-state index contributed by atoms with van der Waals surface area (Å²) in [6.07, 6.45) is 1.14. The van der Waals surface area contributed by atoms with Gasteiger partial charge < -0.3 is 10.2 Å². The molecule has 0 spiro atoms. The van der Waals surface area contributed by atoms with Gasteiger partial charge in [0.2, 0.25) is 11.8 Å². The fourth-order valence-corrected chi connectivity index (χ4v) is 3.00. The van der Waals surface area contributed by atoms with Crippen molar-refractivity contribution in [2.24, 2.45) is 0 Å². The first kappa shape index (κ1) is 21.7. The highest BCUT2D eigenvalue weighted by atomic mass is 16.2. The van der Waals surface area contributed by atoms with Crippen LogP contribution < -0.4 is 5.32 Å². The predicted molar refractivity (Wildman–Crippen MR) is 114 cm³/mol. The molecule has 0 bridgehead atoms. The summed E-state index contributed by atoms with van der Waals surface area (Å²) in [5.41, 5.74) is 4.29. The molecule has 0 saturated heterocycles. The smallest absolute Gasteiger partial charge is 0.242 e. The summed E-state index contributed by atoms with van der Waals surface area (Å²) in [6.45, 7) is 10.3. The lowest BCUT2D eigenvalue weighted by molar-refractivity contribution is -0.140. The van der Waals surface area contributed by atoms with Crippen LogP contribution in [0.5, 0.6) is 0 Å². The number of rotatable bonds is 8. The summed E-state index contributed by atoms with van der Waals surface area (Å²) >= 11 is 0. The van der Waals surface area contributed by atoms with E-state index in [1.165, 1.54) is 0 Å². The molecule has 2 amide bonds. The first-order valence-electron chi connectivity index (χ1n) is 10.0. The molecule has 150 valence electrons. The second-order valence-corrected chi connectivity index (χ2v) is 7.60. The highest BCUT2D eigenvalue weighted by Crippen LogP contribution is 2.16. The van der Waals surface area contributed by atoms with Crippen molar-refractivity contribution in [3.63, 3.8) is 0 Å². The molecule has 0 aliphatic heterocycles. The number of amides is 2. The molecule has 0 unspecified atom stereocenters. The van der Waals surface area contributed by atoms with E-state index in [-0.39, 0.29) is 24.3 Å². The molecular weight excluding hydrogens is 348 g/mol. The van der Waals surface area contributed by atoms with Gasteiger partial charge in [-0.15, -0.1) is 0 Å². The molecule has 0 aliphatic rings. The van der Waals surface area contributed by atoms with E-state index in [1.54, 1.807) is 4.90 Å². The number of nitrogens with zero attached hydrogens (tertiary/aromatic N) is 1. The fourth-order valence-electron chi connectivity index (χ4n) is 3.00. The molecule has 4 heteroatoms. The van der Waals surface area contributed by atoms with Crippen molar-refractivity contribution in [1.82, 2.24) is 10.2 Å². The maximum Gasteiger partial charge on any atom is 0.242 e. The van der Waals surface area contributed by atoms with Crippen LogP contribution in [-0.4, -0.2) is 28.8 Å². The molecule has 28 heavy (non-hydrogen) atoms. The Kier molecular flexibility index (Phi) is 7.80. The van der Waals surface area contributed by atoms with Crippen LogP contribution >= 0.6 is 0 Å². The second kappa shape index (κ2) is 10.1. The van der Waals surface area contributed by atoms with E-state index in [0.717, 1.165) is 28.7 Å². The maximum absolute atomic E-state index is 13.2. The van der Waals surface area contributed by atoms with E-state index in [2.05, 4.69) is 5.32 Å². The summed E-state index contributed by atoms with van der Waals surface area (Å²) in [5.74, 6) is -0.154. The topological polar surface area (TPSA) is 49.4 Å². The highest BCUT2D eigenvalue weighted by molar-refractivity contribution is 5.88. The van der Waals surface area contributed by atoms with Crippen LogP contribution in [0.2, 0.25) is 0 Å². The number of carbonyl (C=O) groups is 2. The molecule has 0 fully saturated rings. The first-order chi connectivity index (χ1) is 13.3. The number of carbonyl (C=O) groups excluding carboxylic acids is 2. The molecule has 2 aromatic rings. The van der Waals surface area contributed by atoms with E-state index in [4.69, 9.17) is 0 Å². The van der Waals surface area contributed by atoms with E-state index < -0.39 is 6.04 Å². The van der Waals surface area contributed by atoms with Crippen LogP contribution in [0.15, 0.2) is 48.5 Å². The first-order valence-corrected chi connectivity index (χ1v) is 10.0. The molecule has 0 aromatic heterocycles. The molecular formula is C24H32N2O2. The normalized spacial score (nSPS) is 12.9. The summed E-state index contributed by atoms with van der Waals surface area (Å²) in [5, 5.41) is 3.00. The fraction of sp³-hybridized carbons (Fsp3) is 0.417. The zero-order chi connectivity index (χ0) is 20.7. The van der Waals surface area contributed by atoms with Crippen molar-refractivity contribution < 1.29 is 9.59 Å². The molecule has 2 aromatic carbocycles. The zero-order valence-corrected chi connectivity index (χ0v) is 17.7. The van der Waals surface area contributed by atoms with E-state index in [9.17, 15) is 9.59 Å². The van der Waals surface area contributed by atoms with Crippen molar-refractivity contribution in [2.45, 2.75) is 66.1 Å². The van der Waals surface area contributed by atoms with Crippen molar-refractivity contribution in [3.05, 3.63) is 70.8 Å². The van der Waals surface area contributed by atoms with Crippen molar-refractivity contribution in [1.29, 1.82) is 0 Å². The van der Waals surface area contributed by atoms with E-state index >= 15 is 0 Å². The lowest BCUT2D eigenvalue weighted by atomic mass is 10.0. The average Bonchev–Trinajstić information content (AvgIpc) is 2.68. The van der Waals surface area contributed by atoms with Gasteiger partial charge in [-0.1, -0.05) is 61.0 Å². The minimum Gasteiger partial charge on any atom is -0.352 e. The van der Waals surface area contributed by atoms with Crippen LogP contribution in [0, 0.1) is 13.8 Å². The third kappa shape index (κ3) is 5.95. The van der Waals surface area contributed by atoms with Crippen LogP contribution in [0.4, 0.5) is 0 Å². The van der Waals surface area contributed by atoms with Crippen molar-refractivity contribution in [2.75, 3.05) is 0 Å². The molecule has 0 heterocycles. The third-order valence-electron chi connectivity index (χ3n) is 5.25. The second-order valence-electron chi connectivity index (χ2n) is 7.60. The molecule has 0 aliphatic carbocycles. The molecule has 2 atom stereocenters. The SMILES string of the molecule is CC[C@H](C)NC(=O)[C@@H](C)N(Cc1ccccc1C)C(=O)Cc1ccc(C)cc1. The van der Waals surface area contributed by atoms with Crippen LogP contribution in [0.3, 0.4) is 0 Å². The zero-order valence-electron chi connectivity index (χ0n) is 17.7. The molecule has 4 nitrogen and oxygen atoms in total. The Balaban J connectivity index is 2.23. The molecule has 2 rings (SSSR count). The number of hydrogen-bond donors (Lipinski definition) is 1. The van der Waals surface area contributed by atoms with Gasteiger partial charge in [0.25, 0.3) is 0 Å². The van der Waals surface area contributed by atoms with Crippen LogP contribution in [0.1, 0.15) is 49.4 Å². The van der Waals surface area contributed by atoms with Crippen LogP contribution in [0.25, 0.3) is 0 Å². The van der Waals surface area contributed by atoms with Gasteiger partial charge in [0.1, 0.15) is 6.04 Å². The van der Waals surface area contributed by atoms with Crippen LogP contribution in [-0.2, 0) is 22.6 Å². The summed E-state index contributed by atoms with van der Waals surface area (Å²) in [7, 11) is 0. The Morgan fingerprint density at radius 1 is 1.00 bits per heavy atom. The van der Waals surface area contributed by atoms with Gasteiger partial charge in [0.15, 0.2) is 0 Å². The van der Waals surface area contributed by atoms with E-state index in [0.29, 0.717) is 6.54 Å². The van der Waals surface area contributed by atoms with E-state index in [1.807, 2.05) is 83.1 Å². The van der Waals surface area contributed by atoms with Gasteiger partial charge in [-0.2, -0.15) is 0 Å². The Bertz CT molecular complexity index is 799. The van der Waals surface area contributed by atoms with Gasteiger partial charge in [0, 0.05) is 12.6 Å². The van der Waals surface area contributed by atoms with Gasteiger partial charge in [0.05, 0.1) is 6.42 Å². The van der Waals surface area contributed by atoms with Gasteiger partial charge in [-0.05, 0) is 50.8 Å². The molecule has 0 radical (unpaired) electrons. The standard InChI is InChI=1S/C24H32N2O2/c1-6-19(4)25-24(28)20(5)26(16-22-10-8-7-9-18(22)3)23(27)15-21-13-11-17(2)12-14-21/h7-14,19-20H,6,15-16H2,1-5H3,(H,25,28)/t19-,20+/m0/s1. The number of nitrogens with one attached hydrogen (secondary N) is 1. The van der Waals surface area contributed by atoms with Crippen molar-refractivity contribution in [3.8, 4) is 0 Å². The minimum atomic E-state index is -0.536. The Hall–Kier alpha value is -2.62. The Morgan fingerprint density at radius 2 is 1.64 bits per heavy atom. The average molecular weight is 381 g/mol. The summed E-state index contributed by atoms with van der Waals surface area (Å²) in [4.78, 5) is 27.6. The summed E-state index contributed by atoms with van der Waals surface area (Å²) in [6, 6.07) is 15.5. The lowest BCUT2D eigenvalue weighted by Crippen LogP contribution is -2.50. The van der Waals surface area contributed by atoms with Gasteiger partial charge in [-0.3, -0.25) is 9.59 Å².